The van der Waals surface area contributed by atoms with Crippen LogP contribution in [0.1, 0.15) is 30.1 Å². The largest absolute Gasteiger partial charge is 0.303 e. The Kier molecular flexibility index (Phi) is 1.80. The Labute approximate surface area is 86.9 Å². The zero-order chi connectivity index (χ0) is 10.3. The zero-order valence-corrected chi connectivity index (χ0v) is 8.26. The van der Waals surface area contributed by atoms with Gasteiger partial charge in [-0.3, -0.25) is 0 Å². The molecule has 0 bridgehead atoms. The fourth-order valence-corrected chi connectivity index (χ4v) is 1.68. The van der Waals surface area contributed by atoms with Crippen LogP contribution < -0.4 is 0 Å². The molecule has 4 heteroatoms. The number of carbonyl (C=O) groups excluding carboxylic acids is 1. The van der Waals surface area contributed by atoms with Crippen molar-refractivity contribution >= 4 is 11.9 Å². The molecule has 2 heterocycles. The minimum absolute atomic E-state index is 0.447. The molecule has 1 aliphatic rings. The lowest BCUT2D eigenvalue weighted by Crippen LogP contribution is -1.91. The molecule has 76 valence electrons. The molecule has 0 unspecified atom stereocenters. The van der Waals surface area contributed by atoms with Crippen molar-refractivity contribution in [1.82, 2.24) is 14.6 Å². The second-order valence-corrected chi connectivity index (χ2v) is 3.95. The van der Waals surface area contributed by atoms with Crippen LogP contribution in [0.5, 0.6) is 0 Å². The molecule has 1 saturated carbocycles. The standard InChI is InChI=1S/C11H11N3O/c15-6-4-8-3-5-14-10(7-8)12-11(13-14)9-1-2-9/h3,5-7,9H,1-2,4H2. The highest BCUT2D eigenvalue weighted by atomic mass is 16.1. The topological polar surface area (TPSA) is 47.3 Å². The van der Waals surface area contributed by atoms with Gasteiger partial charge in [0.2, 0.25) is 0 Å². The average Bonchev–Trinajstić information content (AvgIpc) is 2.99. The average molecular weight is 201 g/mol. The summed E-state index contributed by atoms with van der Waals surface area (Å²) in [6.45, 7) is 0. The third kappa shape index (κ3) is 1.52. The number of fused-ring (bicyclic) bond motifs is 1. The lowest BCUT2D eigenvalue weighted by Gasteiger charge is -1.94. The summed E-state index contributed by atoms with van der Waals surface area (Å²) in [5.41, 5.74) is 1.84. The first kappa shape index (κ1) is 8.59. The van der Waals surface area contributed by atoms with E-state index in [9.17, 15) is 4.79 Å². The molecule has 0 saturated heterocycles. The summed E-state index contributed by atoms with van der Waals surface area (Å²) in [6.07, 6.45) is 5.63. The highest BCUT2D eigenvalue weighted by Crippen LogP contribution is 2.38. The van der Waals surface area contributed by atoms with Crippen LogP contribution in [0.25, 0.3) is 5.65 Å². The van der Waals surface area contributed by atoms with Gasteiger partial charge in [-0.1, -0.05) is 0 Å². The Morgan fingerprint density at radius 2 is 2.40 bits per heavy atom. The van der Waals surface area contributed by atoms with E-state index in [-0.39, 0.29) is 0 Å². The van der Waals surface area contributed by atoms with E-state index in [0.717, 1.165) is 23.3 Å². The van der Waals surface area contributed by atoms with Crippen LogP contribution in [0.15, 0.2) is 18.3 Å². The monoisotopic (exact) mass is 201 g/mol. The maximum Gasteiger partial charge on any atom is 0.155 e. The zero-order valence-electron chi connectivity index (χ0n) is 8.26. The third-order valence-electron chi connectivity index (χ3n) is 2.68. The van der Waals surface area contributed by atoms with Gasteiger partial charge in [-0.05, 0) is 30.5 Å². The quantitative estimate of drug-likeness (QED) is 0.704. The van der Waals surface area contributed by atoms with Crippen molar-refractivity contribution in [3.63, 3.8) is 0 Å². The lowest BCUT2D eigenvalue weighted by molar-refractivity contribution is -0.107. The molecule has 0 spiro atoms. The van der Waals surface area contributed by atoms with Gasteiger partial charge in [0.25, 0.3) is 0 Å². The van der Waals surface area contributed by atoms with Crippen LogP contribution in [0.2, 0.25) is 0 Å². The number of aromatic nitrogens is 3. The Hall–Kier alpha value is -1.71. The Bertz CT molecular complexity index is 514. The van der Waals surface area contributed by atoms with E-state index in [1.165, 1.54) is 12.8 Å². The Morgan fingerprint density at radius 3 is 3.13 bits per heavy atom. The van der Waals surface area contributed by atoms with Crippen LogP contribution in [-0.4, -0.2) is 20.9 Å². The molecule has 2 aromatic rings. The molecule has 3 rings (SSSR count). The second-order valence-electron chi connectivity index (χ2n) is 3.95. The van der Waals surface area contributed by atoms with Gasteiger partial charge < -0.3 is 4.79 Å². The van der Waals surface area contributed by atoms with Crippen molar-refractivity contribution in [2.45, 2.75) is 25.2 Å². The lowest BCUT2D eigenvalue weighted by atomic mass is 10.2. The Balaban J connectivity index is 2.05. The smallest absolute Gasteiger partial charge is 0.155 e. The summed E-state index contributed by atoms with van der Waals surface area (Å²) in [4.78, 5) is 14.8. The molecule has 2 aromatic heterocycles. The maximum absolute atomic E-state index is 10.4. The fraction of sp³-hybridized carbons (Fsp3) is 0.364. The summed E-state index contributed by atoms with van der Waals surface area (Å²) in [5.74, 6) is 1.51. The van der Waals surface area contributed by atoms with E-state index in [4.69, 9.17) is 0 Å². The van der Waals surface area contributed by atoms with Crippen molar-refractivity contribution in [2.24, 2.45) is 0 Å². The van der Waals surface area contributed by atoms with Crippen LogP contribution in [0.3, 0.4) is 0 Å². The number of carbonyl (C=O) groups is 1. The molecule has 1 aliphatic carbocycles. The number of aldehydes is 1. The van der Waals surface area contributed by atoms with Gasteiger partial charge in [-0.25, -0.2) is 9.50 Å². The van der Waals surface area contributed by atoms with Crippen LogP contribution in [0.4, 0.5) is 0 Å². The van der Waals surface area contributed by atoms with Crippen LogP contribution in [-0.2, 0) is 11.2 Å². The van der Waals surface area contributed by atoms with Gasteiger partial charge in [0.1, 0.15) is 6.29 Å². The van der Waals surface area contributed by atoms with Crippen molar-refractivity contribution in [1.29, 1.82) is 0 Å². The summed E-state index contributed by atoms with van der Waals surface area (Å²) >= 11 is 0. The molecule has 0 aromatic carbocycles. The molecule has 15 heavy (non-hydrogen) atoms. The molecule has 0 N–H and O–H groups in total. The van der Waals surface area contributed by atoms with Gasteiger partial charge in [-0.15, -0.1) is 0 Å². The van der Waals surface area contributed by atoms with Crippen LogP contribution in [0, 0.1) is 0 Å². The van der Waals surface area contributed by atoms with Gasteiger partial charge in [-0.2, -0.15) is 5.10 Å². The first-order valence-electron chi connectivity index (χ1n) is 5.15. The summed E-state index contributed by atoms with van der Waals surface area (Å²) in [6, 6.07) is 3.83. The van der Waals surface area contributed by atoms with Gasteiger partial charge in [0, 0.05) is 18.5 Å². The SMILES string of the molecule is O=CCc1ccn2nc(C3CC3)nc2c1. The predicted octanol–water partition coefficient (Wildman–Crippen LogP) is 1.35. The molecular weight excluding hydrogens is 190 g/mol. The van der Waals surface area contributed by atoms with Gasteiger partial charge >= 0.3 is 0 Å². The minimum Gasteiger partial charge on any atom is -0.303 e. The van der Waals surface area contributed by atoms with Crippen molar-refractivity contribution < 1.29 is 4.79 Å². The summed E-state index contributed by atoms with van der Waals surface area (Å²) in [5, 5.41) is 4.39. The van der Waals surface area contributed by atoms with E-state index < -0.39 is 0 Å². The minimum atomic E-state index is 0.447. The normalized spacial score (nSPS) is 15.7. The fourth-order valence-electron chi connectivity index (χ4n) is 1.68. The number of hydrogen-bond acceptors (Lipinski definition) is 3. The molecule has 1 fully saturated rings. The summed E-state index contributed by atoms with van der Waals surface area (Å²) < 4.78 is 1.78. The Morgan fingerprint density at radius 1 is 1.53 bits per heavy atom. The van der Waals surface area contributed by atoms with E-state index in [0.29, 0.717) is 12.3 Å². The highest BCUT2D eigenvalue weighted by molar-refractivity contribution is 5.56. The summed E-state index contributed by atoms with van der Waals surface area (Å²) in [7, 11) is 0. The first-order chi connectivity index (χ1) is 7.36. The maximum atomic E-state index is 10.4. The second kappa shape index (κ2) is 3.15. The molecule has 0 radical (unpaired) electrons. The van der Waals surface area contributed by atoms with Crippen LogP contribution >= 0.6 is 0 Å². The van der Waals surface area contributed by atoms with Crippen molar-refractivity contribution in [3.05, 3.63) is 29.7 Å². The van der Waals surface area contributed by atoms with Gasteiger partial charge in [0.05, 0.1) is 0 Å². The van der Waals surface area contributed by atoms with Crippen molar-refractivity contribution in [3.8, 4) is 0 Å². The third-order valence-corrected chi connectivity index (χ3v) is 2.68. The van der Waals surface area contributed by atoms with E-state index in [1.807, 2.05) is 18.3 Å². The molecular formula is C11H11N3O. The van der Waals surface area contributed by atoms with E-state index >= 15 is 0 Å². The predicted molar refractivity (Wildman–Crippen MR) is 54.7 cm³/mol. The number of hydrogen-bond donors (Lipinski definition) is 0. The number of rotatable bonds is 3. The number of pyridine rings is 1. The molecule has 0 aliphatic heterocycles. The molecule has 0 amide bonds. The highest BCUT2D eigenvalue weighted by Gasteiger charge is 2.27. The molecule has 4 nitrogen and oxygen atoms in total. The number of nitrogens with zero attached hydrogens (tertiary/aromatic N) is 3. The van der Waals surface area contributed by atoms with E-state index in [2.05, 4.69) is 10.1 Å². The first-order valence-corrected chi connectivity index (χ1v) is 5.15. The van der Waals surface area contributed by atoms with Crippen molar-refractivity contribution in [2.75, 3.05) is 0 Å². The van der Waals surface area contributed by atoms with Gasteiger partial charge in [0.15, 0.2) is 11.5 Å². The molecule has 0 atom stereocenters. The van der Waals surface area contributed by atoms with E-state index in [1.54, 1.807) is 4.52 Å².